The number of carbonyl (C=O) groups is 1. The van der Waals surface area contributed by atoms with E-state index >= 15 is 0 Å². The van der Waals surface area contributed by atoms with Crippen LogP contribution in [0.2, 0.25) is 0 Å². The molecule has 2 aromatic rings. The van der Waals surface area contributed by atoms with Crippen LogP contribution in [0.1, 0.15) is 42.7 Å². The quantitative estimate of drug-likeness (QED) is 0.257. The Kier molecular flexibility index (Phi) is 9.40. The Balaban J connectivity index is 1.62. The molecular formula is C29H42N8O2. The van der Waals surface area contributed by atoms with E-state index in [2.05, 4.69) is 42.0 Å². The lowest BCUT2D eigenvalue weighted by Gasteiger charge is -2.38. The molecule has 39 heavy (non-hydrogen) atoms. The first-order valence-electron chi connectivity index (χ1n) is 14.0. The summed E-state index contributed by atoms with van der Waals surface area (Å²) < 4.78 is 6.14. The van der Waals surface area contributed by atoms with Gasteiger partial charge >= 0.3 is 6.01 Å². The summed E-state index contributed by atoms with van der Waals surface area (Å²) in [5, 5.41) is 7.98. The molecule has 10 heteroatoms. The van der Waals surface area contributed by atoms with Crippen molar-refractivity contribution < 1.29 is 9.53 Å². The maximum Gasteiger partial charge on any atom is 0.318 e. The first-order valence-corrected chi connectivity index (χ1v) is 14.0. The topological polar surface area (TPSA) is 115 Å². The highest BCUT2D eigenvalue weighted by molar-refractivity contribution is 5.94. The number of carbonyl (C=O) groups excluding carboxylic acids is 1. The minimum atomic E-state index is -0.0360. The van der Waals surface area contributed by atoms with Gasteiger partial charge in [-0.2, -0.15) is 9.97 Å². The predicted molar refractivity (Wildman–Crippen MR) is 157 cm³/mol. The van der Waals surface area contributed by atoms with Crippen LogP contribution < -0.4 is 20.3 Å². The summed E-state index contributed by atoms with van der Waals surface area (Å²) in [4.78, 5) is 30.6. The Labute approximate surface area is 232 Å². The number of anilines is 3. The largest absolute Gasteiger partial charge is 0.462 e. The maximum absolute atomic E-state index is 12.1. The van der Waals surface area contributed by atoms with Crippen molar-refractivity contribution in [3.63, 3.8) is 0 Å². The highest BCUT2D eigenvalue weighted by Crippen LogP contribution is 2.35. The smallest absolute Gasteiger partial charge is 0.318 e. The number of nitrogen functional groups attached to an aromatic ring is 1. The fourth-order valence-corrected chi connectivity index (χ4v) is 5.49. The molecule has 210 valence electrons. The third kappa shape index (κ3) is 6.33. The number of rotatable bonds is 11. The summed E-state index contributed by atoms with van der Waals surface area (Å²) >= 11 is 0. The molecule has 0 saturated carbocycles. The number of benzene rings is 1. The Bertz CT molecular complexity index is 1190. The number of hydrogen-bond donors (Lipinski definition) is 2. The molecule has 0 spiro atoms. The van der Waals surface area contributed by atoms with Gasteiger partial charge in [-0.1, -0.05) is 26.5 Å². The number of aryl methyl sites for hydroxylation is 1. The summed E-state index contributed by atoms with van der Waals surface area (Å²) in [6.07, 6.45) is 4.59. The highest BCUT2D eigenvalue weighted by Gasteiger charge is 2.29. The lowest BCUT2D eigenvalue weighted by Crippen LogP contribution is -2.49. The van der Waals surface area contributed by atoms with E-state index in [0.717, 1.165) is 72.9 Å². The van der Waals surface area contributed by atoms with E-state index < -0.39 is 0 Å². The lowest BCUT2D eigenvalue weighted by atomic mass is 10.00. The van der Waals surface area contributed by atoms with Crippen molar-refractivity contribution in [2.75, 3.05) is 74.5 Å². The van der Waals surface area contributed by atoms with Crippen LogP contribution in [0.4, 0.5) is 17.2 Å². The van der Waals surface area contributed by atoms with Crippen LogP contribution >= 0.6 is 0 Å². The van der Waals surface area contributed by atoms with Crippen LogP contribution in [-0.4, -0.2) is 90.9 Å². The SMILES string of the molecule is C=CC(=O)N1CCN(c2nc(OCCN(CC)CCC)nc3c2CCN(c2c(C)ccc(N)c2C=N)C3)CC1. The standard InChI is InChI=1S/C29H42N8O2/c1-5-11-34(7-3)17-18-39-29-32-25-20-37(27-21(4)8-9-24(31)23(27)19-30)12-10-22(25)28(33-29)36-15-13-35(14-16-36)26(38)6-2/h6,8-9,19,30H,2,5,7,10-18,20,31H2,1,3-4H3. The number of piperazine rings is 1. The van der Waals surface area contributed by atoms with Gasteiger partial charge in [0.1, 0.15) is 12.4 Å². The van der Waals surface area contributed by atoms with Crippen molar-refractivity contribution >= 4 is 29.3 Å². The Morgan fingerprint density at radius 2 is 1.92 bits per heavy atom. The zero-order chi connectivity index (χ0) is 27.9. The number of fused-ring (bicyclic) bond motifs is 1. The summed E-state index contributed by atoms with van der Waals surface area (Å²) in [6, 6.07) is 4.25. The van der Waals surface area contributed by atoms with Crippen LogP contribution in [0.15, 0.2) is 24.8 Å². The van der Waals surface area contributed by atoms with E-state index in [1.165, 1.54) is 12.3 Å². The molecule has 4 rings (SSSR count). The van der Waals surface area contributed by atoms with Gasteiger partial charge in [0, 0.05) is 62.3 Å². The molecule has 1 aromatic carbocycles. The number of aromatic nitrogens is 2. The second-order valence-corrected chi connectivity index (χ2v) is 10.1. The van der Waals surface area contributed by atoms with E-state index in [1.54, 1.807) is 0 Å². The van der Waals surface area contributed by atoms with Gasteiger partial charge in [-0.3, -0.25) is 4.79 Å². The van der Waals surface area contributed by atoms with Gasteiger partial charge in [0.05, 0.1) is 17.9 Å². The van der Waals surface area contributed by atoms with Gasteiger partial charge in [0.2, 0.25) is 5.91 Å². The van der Waals surface area contributed by atoms with Crippen molar-refractivity contribution in [3.8, 4) is 6.01 Å². The first-order chi connectivity index (χ1) is 18.9. The van der Waals surface area contributed by atoms with E-state index in [1.807, 2.05) is 17.0 Å². The lowest BCUT2D eigenvalue weighted by molar-refractivity contribution is -0.126. The predicted octanol–water partition coefficient (Wildman–Crippen LogP) is 2.87. The molecule has 1 saturated heterocycles. The monoisotopic (exact) mass is 534 g/mol. The van der Waals surface area contributed by atoms with E-state index in [0.29, 0.717) is 51.0 Å². The molecule has 1 aromatic heterocycles. The molecule has 0 bridgehead atoms. The van der Waals surface area contributed by atoms with Gasteiger partial charge in [0.15, 0.2) is 0 Å². The molecule has 1 fully saturated rings. The Morgan fingerprint density at radius 1 is 1.15 bits per heavy atom. The highest BCUT2D eigenvalue weighted by atomic mass is 16.5. The van der Waals surface area contributed by atoms with Gasteiger partial charge in [-0.15, -0.1) is 0 Å². The van der Waals surface area contributed by atoms with Crippen LogP contribution in [-0.2, 0) is 17.8 Å². The second-order valence-electron chi connectivity index (χ2n) is 10.1. The van der Waals surface area contributed by atoms with Crippen molar-refractivity contribution in [3.05, 3.63) is 47.2 Å². The number of nitrogens with two attached hydrogens (primary N) is 1. The zero-order valence-electron chi connectivity index (χ0n) is 23.6. The van der Waals surface area contributed by atoms with Gasteiger partial charge in [0.25, 0.3) is 0 Å². The average molecular weight is 535 g/mol. The Hall–Kier alpha value is -3.66. The molecule has 0 aliphatic carbocycles. The minimum Gasteiger partial charge on any atom is -0.462 e. The normalized spacial score (nSPS) is 15.3. The third-order valence-electron chi connectivity index (χ3n) is 7.63. The number of ether oxygens (including phenoxy) is 1. The fraction of sp³-hybridized carbons (Fsp3) is 0.517. The van der Waals surface area contributed by atoms with Gasteiger partial charge in [-0.05, 0) is 50.6 Å². The summed E-state index contributed by atoms with van der Waals surface area (Å²) in [5.41, 5.74) is 11.7. The van der Waals surface area contributed by atoms with Crippen molar-refractivity contribution in [1.82, 2.24) is 19.8 Å². The molecule has 10 nitrogen and oxygen atoms in total. The molecule has 0 atom stereocenters. The van der Waals surface area contributed by atoms with Crippen LogP contribution in [0, 0.1) is 12.3 Å². The molecule has 3 heterocycles. The van der Waals surface area contributed by atoms with Crippen molar-refractivity contribution in [1.29, 1.82) is 5.41 Å². The number of likely N-dealkylation sites (N-methyl/N-ethyl adjacent to an activating group) is 1. The number of hydrogen-bond acceptors (Lipinski definition) is 9. The van der Waals surface area contributed by atoms with E-state index in [4.69, 9.17) is 25.8 Å². The van der Waals surface area contributed by atoms with E-state index in [9.17, 15) is 4.79 Å². The van der Waals surface area contributed by atoms with Crippen molar-refractivity contribution in [2.45, 2.75) is 40.2 Å². The van der Waals surface area contributed by atoms with Crippen LogP contribution in [0.3, 0.4) is 0 Å². The van der Waals surface area contributed by atoms with E-state index in [-0.39, 0.29) is 5.91 Å². The molecular weight excluding hydrogens is 492 g/mol. The fourth-order valence-electron chi connectivity index (χ4n) is 5.49. The summed E-state index contributed by atoms with van der Waals surface area (Å²) in [6.45, 7) is 17.4. The van der Waals surface area contributed by atoms with Crippen molar-refractivity contribution in [2.24, 2.45) is 0 Å². The molecule has 2 aliphatic heterocycles. The molecule has 0 unspecified atom stereocenters. The number of nitrogens with zero attached hydrogens (tertiary/aromatic N) is 6. The maximum atomic E-state index is 12.1. The zero-order valence-corrected chi connectivity index (χ0v) is 23.6. The van der Waals surface area contributed by atoms with Gasteiger partial charge < -0.3 is 35.5 Å². The molecule has 2 aliphatic rings. The molecule has 3 N–H and O–H groups in total. The number of amides is 1. The van der Waals surface area contributed by atoms with Crippen LogP contribution in [0.25, 0.3) is 0 Å². The average Bonchev–Trinajstić information content (AvgIpc) is 2.96. The summed E-state index contributed by atoms with van der Waals surface area (Å²) in [7, 11) is 0. The second kappa shape index (κ2) is 12.9. The first kappa shape index (κ1) is 28.4. The Morgan fingerprint density at radius 3 is 2.59 bits per heavy atom. The van der Waals surface area contributed by atoms with Gasteiger partial charge in [-0.25, -0.2) is 0 Å². The number of nitrogens with one attached hydrogen (secondary N) is 1. The van der Waals surface area contributed by atoms with Crippen LogP contribution in [0.5, 0.6) is 6.01 Å². The molecule has 0 radical (unpaired) electrons. The minimum absolute atomic E-state index is 0.0360. The molecule has 1 amide bonds. The third-order valence-corrected chi connectivity index (χ3v) is 7.63. The summed E-state index contributed by atoms with van der Waals surface area (Å²) in [5.74, 6) is 0.865.